The summed E-state index contributed by atoms with van der Waals surface area (Å²) in [5, 5.41) is 6.44. The maximum absolute atomic E-state index is 5.72. The van der Waals surface area contributed by atoms with Crippen LogP contribution in [0.15, 0.2) is 33.7 Å². The summed E-state index contributed by atoms with van der Waals surface area (Å²) in [5.41, 5.74) is 1.93. The Labute approximate surface area is 154 Å². The van der Waals surface area contributed by atoms with E-state index in [1.165, 1.54) is 0 Å². The van der Waals surface area contributed by atoms with Crippen molar-refractivity contribution in [1.29, 1.82) is 0 Å². The normalized spacial score (nSPS) is 11.5. The first-order chi connectivity index (χ1) is 12.6. The second-order valence-electron chi connectivity index (χ2n) is 5.74. The Morgan fingerprint density at radius 3 is 2.73 bits per heavy atom. The van der Waals surface area contributed by atoms with Gasteiger partial charge in [0.1, 0.15) is 18.1 Å². The van der Waals surface area contributed by atoms with Crippen molar-refractivity contribution >= 4 is 5.96 Å². The molecule has 0 amide bonds. The van der Waals surface area contributed by atoms with Crippen LogP contribution in [0.25, 0.3) is 0 Å². The van der Waals surface area contributed by atoms with Crippen molar-refractivity contribution in [2.45, 2.75) is 33.9 Å². The molecule has 1 heterocycles. The van der Waals surface area contributed by atoms with E-state index >= 15 is 0 Å². The van der Waals surface area contributed by atoms with Gasteiger partial charge in [0.2, 0.25) is 5.89 Å². The van der Waals surface area contributed by atoms with Gasteiger partial charge < -0.3 is 24.5 Å². The van der Waals surface area contributed by atoms with E-state index in [9.17, 15) is 0 Å². The minimum atomic E-state index is 0.395. The Balaban J connectivity index is 1.76. The molecule has 0 saturated carbocycles. The van der Waals surface area contributed by atoms with Gasteiger partial charge in [-0.3, -0.25) is 0 Å². The first-order valence-corrected chi connectivity index (χ1v) is 8.78. The molecule has 2 N–H and O–H groups in total. The number of methoxy groups -OCH3 is 1. The van der Waals surface area contributed by atoms with Gasteiger partial charge in [0.25, 0.3) is 0 Å². The standard InChI is InChI=1S/C19H28N4O3/c1-5-20-19(22-12-18-23-14(2)15(3)26-18)21-10-11-25-13-16-8-6-7-9-17(16)24-4/h6-9H,5,10-13H2,1-4H3,(H2,20,21,22). The zero-order valence-corrected chi connectivity index (χ0v) is 16.0. The number of aryl methyl sites for hydroxylation is 2. The molecule has 0 spiro atoms. The number of hydrogen-bond acceptors (Lipinski definition) is 5. The fraction of sp³-hybridized carbons (Fsp3) is 0.474. The zero-order chi connectivity index (χ0) is 18.8. The molecular weight excluding hydrogens is 332 g/mol. The highest BCUT2D eigenvalue weighted by atomic mass is 16.5. The van der Waals surface area contributed by atoms with Crippen LogP contribution in [0, 0.1) is 13.8 Å². The second kappa shape index (κ2) is 10.5. The molecule has 7 heteroatoms. The summed E-state index contributed by atoms with van der Waals surface area (Å²) >= 11 is 0. The summed E-state index contributed by atoms with van der Waals surface area (Å²) in [6.45, 7) is 8.73. The molecule has 1 aromatic heterocycles. The molecule has 1 aromatic carbocycles. The number of aliphatic imine (C=N–C) groups is 1. The Kier molecular flexibility index (Phi) is 7.95. The lowest BCUT2D eigenvalue weighted by Crippen LogP contribution is -2.39. The van der Waals surface area contributed by atoms with E-state index in [1.54, 1.807) is 7.11 Å². The third kappa shape index (κ3) is 6.07. The van der Waals surface area contributed by atoms with Crippen molar-refractivity contribution in [2.75, 3.05) is 26.8 Å². The van der Waals surface area contributed by atoms with E-state index in [0.29, 0.717) is 38.2 Å². The first kappa shape index (κ1) is 19.8. The van der Waals surface area contributed by atoms with Gasteiger partial charge in [-0.1, -0.05) is 18.2 Å². The van der Waals surface area contributed by atoms with Gasteiger partial charge in [-0.15, -0.1) is 0 Å². The van der Waals surface area contributed by atoms with Crippen molar-refractivity contribution < 1.29 is 13.9 Å². The monoisotopic (exact) mass is 360 g/mol. The van der Waals surface area contributed by atoms with Gasteiger partial charge in [-0.25, -0.2) is 9.98 Å². The second-order valence-corrected chi connectivity index (χ2v) is 5.74. The molecule has 2 rings (SSSR count). The minimum Gasteiger partial charge on any atom is -0.496 e. The third-order valence-electron chi connectivity index (χ3n) is 3.78. The van der Waals surface area contributed by atoms with Gasteiger partial charge in [0.15, 0.2) is 5.96 Å². The molecule has 142 valence electrons. The predicted molar refractivity (Wildman–Crippen MR) is 101 cm³/mol. The molecule has 0 aliphatic rings. The lowest BCUT2D eigenvalue weighted by atomic mass is 10.2. The van der Waals surface area contributed by atoms with Crippen LogP contribution >= 0.6 is 0 Å². The van der Waals surface area contributed by atoms with Crippen LogP contribution < -0.4 is 15.4 Å². The predicted octanol–water partition coefficient (Wildman–Crippen LogP) is 2.57. The van der Waals surface area contributed by atoms with E-state index in [-0.39, 0.29) is 0 Å². The fourth-order valence-electron chi connectivity index (χ4n) is 2.34. The summed E-state index contributed by atoms with van der Waals surface area (Å²) in [5.74, 6) is 3.00. The van der Waals surface area contributed by atoms with Gasteiger partial charge in [-0.05, 0) is 26.8 Å². The molecule has 0 fully saturated rings. The number of para-hydroxylation sites is 1. The zero-order valence-electron chi connectivity index (χ0n) is 16.0. The van der Waals surface area contributed by atoms with Crippen LogP contribution in [-0.4, -0.2) is 37.7 Å². The number of rotatable bonds is 9. The van der Waals surface area contributed by atoms with Gasteiger partial charge in [0.05, 0.1) is 26.0 Å². The smallest absolute Gasteiger partial charge is 0.216 e. The topological polar surface area (TPSA) is 80.9 Å². The van der Waals surface area contributed by atoms with Crippen molar-refractivity contribution in [3.63, 3.8) is 0 Å². The van der Waals surface area contributed by atoms with Crippen LogP contribution in [0.4, 0.5) is 0 Å². The largest absolute Gasteiger partial charge is 0.496 e. The highest BCUT2D eigenvalue weighted by Gasteiger charge is 2.05. The number of nitrogens with one attached hydrogen (secondary N) is 2. The van der Waals surface area contributed by atoms with Gasteiger partial charge >= 0.3 is 0 Å². The molecule has 2 aromatic rings. The minimum absolute atomic E-state index is 0.395. The van der Waals surface area contributed by atoms with E-state index < -0.39 is 0 Å². The van der Waals surface area contributed by atoms with E-state index in [0.717, 1.165) is 29.3 Å². The molecule has 0 bridgehead atoms. The number of hydrogen-bond donors (Lipinski definition) is 2. The van der Waals surface area contributed by atoms with Crippen molar-refractivity contribution in [2.24, 2.45) is 4.99 Å². The third-order valence-corrected chi connectivity index (χ3v) is 3.78. The average Bonchev–Trinajstić information content (AvgIpc) is 2.97. The molecular formula is C19H28N4O3. The SMILES string of the molecule is CCNC(=NCc1nc(C)c(C)o1)NCCOCc1ccccc1OC. The average molecular weight is 360 g/mol. The Hall–Kier alpha value is -2.54. The highest BCUT2D eigenvalue weighted by molar-refractivity contribution is 5.79. The number of nitrogens with zero attached hydrogens (tertiary/aromatic N) is 2. The van der Waals surface area contributed by atoms with Crippen molar-refractivity contribution in [3.05, 3.63) is 47.2 Å². The number of benzene rings is 1. The summed E-state index contributed by atoms with van der Waals surface area (Å²) < 4.78 is 16.6. The molecule has 0 saturated heterocycles. The molecule has 0 radical (unpaired) electrons. The molecule has 0 aliphatic carbocycles. The Bertz CT molecular complexity index is 693. The quantitative estimate of drug-likeness (QED) is 0.406. The lowest BCUT2D eigenvalue weighted by molar-refractivity contribution is 0.123. The summed E-state index contributed by atoms with van der Waals surface area (Å²) in [4.78, 5) is 8.82. The van der Waals surface area contributed by atoms with E-state index in [2.05, 4.69) is 20.6 Å². The van der Waals surface area contributed by atoms with E-state index in [4.69, 9.17) is 13.9 Å². The maximum Gasteiger partial charge on any atom is 0.216 e. The first-order valence-electron chi connectivity index (χ1n) is 8.78. The number of guanidine groups is 1. The van der Waals surface area contributed by atoms with Crippen LogP contribution in [-0.2, 0) is 17.9 Å². The number of oxazole rings is 1. The fourth-order valence-corrected chi connectivity index (χ4v) is 2.34. The Morgan fingerprint density at radius 2 is 2.04 bits per heavy atom. The van der Waals surface area contributed by atoms with Gasteiger partial charge in [0, 0.05) is 18.7 Å². The molecule has 0 unspecified atom stereocenters. The molecule has 0 atom stereocenters. The molecule has 26 heavy (non-hydrogen) atoms. The van der Waals surface area contributed by atoms with Crippen molar-refractivity contribution in [3.8, 4) is 5.75 Å². The molecule has 7 nitrogen and oxygen atoms in total. The van der Waals surface area contributed by atoms with Crippen LogP contribution in [0.2, 0.25) is 0 Å². The summed E-state index contributed by atoms with van der Waals surface area (Å²) in [6, 6.07) is 7.85. The van der Waals surface area contributed by atoms with Crippen LogP contribution in [0.5, 0.6) is 5.75 Å². The van der Waals surface area contributed by atoms with E-state index in [1.807, 2.05) is 45.0 Å². The van der Waals surface area contributed by atoms with Crippen molar-refractivity contribution in [1.82, 2.24) is 15.6 Å². The number of aromatic nitrogens is 1. The van der Waals surface area contributed by atoms with Crippen LogP contribution in [0.3, 0.4) is 0 Å². The Morgan fingerprint density at radius 1 is 1.23 bits per heavy atom. The summed E-state index contributed by atoms with van der Waals surface area (Å²) in [6.07, 6.45) is 0. The van der Waals surface area contributed by atoms with Crippen LogP contribution in [0.1, 0.15) is 29.8 Å². The van der Waals surface area contributed by atoms with Gasteiger partial charge in [-0.2, -0.15) is 0 Å². The molecule has 0 aliphatic heterocycles. The maximum atomic E-state index is 5.72. The highest BCUT2D eigenvalue weighted by Crippen LogP contribution is 2.17. The number of ether oxygens (including phenoxy) is 2. The summed E-state index contributed by atoms with van der Waals surface area (Å²) in [7, 11) is 1.66. The lowest BCUT2D eigenvalue weighted by Gasteiger charge is -2.12.